The van der Waals surface area contributed by atoms with Gasteiger partial charge >= 0.3 is 0 Å². The number of hydrogen-bond donors (Lipinski definition) is 1. The first-order chi connectivity index (χ1) is 9.06. The van der Waals surface area contributed by atoms with Crippen LogP contribution in [0.1, 0.15) is 30.9 Å². The van der Waals surface area contributed by atoms with Crippen molar-refractivity contribution in [1.29, 1.82) is 0 Å². The Balaban J connectivity index is 1.95. The molecule has 1 amide bonds. The number of rotatable bonds is 3. The fraction of sp³-hybridized carbons (Fsp3) is 0.562. The first-order valence-corrected chi connectivity index (χ1v) is 7.10. The fourth-order valence-corrected chi connectivity index (χ4v) is 2.83. The van der Waals surface area contributed by atoms with Crippen molar-refractivity contribution in [2.45, 2.75) is 39.3 Å². The van der Waals surface area contributed by atoms with E-state index in [0.29, 0.717) is 12.6 Å². The van der Waals surface area contributed by atoms with Gasteiger partial charge in [0, 0.05) is 25.6 Å². The van der Waals surface area contributed by atoms with Crippen LogP contribution in [0.4, 0.5) is 0 Å². The number of nitrogens with zero attached hydrogens (tertiary/aromatic N) is 1. The molecule has 2 atom stereocenters. The molecule has 19 heavy (non-hydrogen) atoms. The minimum atomic E-state index is 0.186. The zero-order valence-corrected chi connectivity index (χ0v) is 12.1. The Hall–Kier alpha value is -1.35. The van der Waals surface area contributed by atoms with Gasteiger partial charge in [0.25, 0.3) is 0 Å². The highest BCUT2D eigenvalue weighted by Gasteiger charge is 2.26. The molecule has 0 spiro atoms. The van der Waals surface area contributed by atoms with Gasteiger partial charge in [-0.1, -0.05) is 29.8 Å². The molecule has 1 saturated heterocycles. The van der Waals surface area contributed by atoms with Crippen LogP contribution in [0.2, 0.25) is 0 Å². The Labute approximate surface area is 116 Å². The van der Waals surface area contributed by atoms with Crippen molar-refractivity contribution >= 4 is 5.91 Å². The molecule has 0 saturated carbocycles. The smallest absolute Gasteiger partial charge is 0.225 e. The van der Waals surface area contributed by atoms with Crippen molar-refractivity contribution in [3.8, 4) is 0 Å². The third-order valence-electron chi connectivity index (χ3n) is 3.85. The molecule has 2 unspecified atom stereocenters. The third-order valence-corrected chi connectivity index (χ3v) is 3.85. The van der Waals surface area contributed by atoms with Crippen molar-refractivity contribution in [1.82, 2.24) is 10.2 Å². The molecule has 3 heteroatoms. The van der Waals surface area contributed by atoms with E-state index in [9.17, 15) is 4.79 Å². The van der Waals surface area contributed by atoms with Crippen LogP contribution in [0.25, 0.3) is 0 Å². The highest BCUT2D eigenvalue weighted by atomic mass is 16.2. The van der Waals surface area contributed by atoms with Gasteiger partial charge in [0.15, 0.2) is 0 Å². The van der Waals surface area contributed by atoms with Gasteiger partial charge in [0.05, 0.1) is 0 Å². The molecule has 1 aromatic carbocycles. The number of piperidine rings is 1. The number of hydrogen-bond acceptors (Lipinski definition) is 2. The number of nitrogens with one attached hydrogen (secondary N) is 1. The second kappa shape index (κ2) is 6.20. The fourth-order valence-electron chi connectivity index (χ4n) is 2.83. The van der Waals surface area contributed by atoms with Crippen LogP contribution in [-0.2, 0) is 11.3 Å². The topological polar surface area (TPSA) is 32.3 Å². The molecule has 1 fully saturated rings. The maximum absolute atomic E-state index is 12.4. The molecule has 0 aromatic heterocycles. The highest BCUT2D eigenvalue weighted by Crippen LogP contribution is 2.19. The van der Waals surface area contributed by atoms with Crippen molar-refractivity contribution in [3.05, 3.63) is 35.4 Å². The van der Waals surface area contributed by atoms with E-state index in [1.807, 2.05) is 11.9 Å². The maximum Gasteiger partial charge on any atom is 0.225 e. The number of aryl methyl sites for hydroxylation is 1. The molecule has 1 aliphatic rings. The van der Waals surface area contributed by atoms with Crippen LogP contribution in [0.15, 0.2) is 24.3 Å². The zero-order chi connectivity index (χ0) is 13.8. The Morgan fingerprint density at radius 3 is 2.95 bits per heavy atom. The van der Waals surface area contributed by atoms with E-state index in [4.69, 9.17) is 0 Å². The average molecular weight is 260 g/mol. The summed E-state index contributed by atoms with van der Waals surface area (Å²) in [6.07, 6.45) is 1.92. The Kier molecular flexibility index (Phi) is 4.59. The monoisotopic (exact) mass is 260 g/mol. The minimum Gasteiger partial charge on any atom is -0.341 e. The molecule has 1 N–H and O–H groups in total. The predicted octanol–water partition coefficient (Wildman–Crippen LogP) is 2.34. The van der Waals surface area contributed by atoms with Crippen molar-refractivity contribution in [2.24, 2.45) is 5.92 Å². The molecule has 1 aromatic rings. The van der Waals surface area contributed by atoms with E-state index >= 15 is 0 Å². The second-order valence-electron chi connectivity index (χ2n) is 5.76. The summed E-state index contributed by atoms with van der Waals surface area (Å²) < 4.78 is 0. The van der Waals surface area contributed by atoms with Gasteiger partial charge in [0.2, 0.25) is 5.91 Å². The summed E-state index contributed by atoms with van der Waals surface area (Å²) in [7, 11) is 1.91. The molecular formula is C16H24N2O. The Morgan fingerprint density at radius 2 is 2.26 bits per heavy atom. The van der Waals surface area contributed by atoms with Gasteiger partial charge in [-0.3, -0.25) is 4.79 Å². The molecule has 2 rings (SSSR count). The Bertz CT molecular complexity index is 444. The lowest BCUT2D eigenvalue weighted by molar-refractivity contribution is -0.135. The van der Waals surface area contributed by atoms with Crippen LogP contribution in [-0.4, -0.2) is 30.4 Å². The average Bonchev–Trinajstić information content (AvgIpc) is 2.38. The van der Waals surface area contributed by atoms with Gasteiger partial charge in [0.1, 0.15) is 0 Å². The number of carbonyl (C=O) groups is 1. The van der Waals surface area contributed by atoms with E-state index in [0.717, 1.165) is 19.4 Å². The molecule has 104 valence electrons. The standard InChI is InChI=1S/C16H24N2O/c1-12-5-4-6-14(9-12)11-18(3)16(19)15-7-8-17-13(2)10-15/h4-6,9,13,15,17H,7-8,10-11H2,1-3H3. The molecule has 0 bridgehead atoms. The summed E-state index contributed by atoms with van der Waals surface area (Å²) in [5, 5.41) is 3.39. The van der Waals surface area contributed by atoms with Crippen molar-refractivity contribution < 1.29 is 4.79 Å². The lowest BCUT2D eigenvalue weighted by Gasteiger charge is -2.30. The minimum absolute atomic E-state index is 0.186. The van der Waals surface area contributed by atoms with E-state index < -0.39 is 0 Å². The van der Waals surface area contributed by atoms with E-state index in [1.165, 1.54) is 11.1 Å². The summed E-state index contributed by atoms with van der Waals surface area (Å²) in [4.78, 5) is 14.3. The van der Waals surface area contributed by atoms with Gasteiger partial charge in [-0.05, 0) is 38.8 Å². The number of carbonyl (C=O) groups excluding carboxylic acids is 1. The molecule has 0 aliphatic carbocycles. The first kappa shape index (κ1) is 14.1. The summed E-state index contributed by atoms with van der Waals surface area (Å²) >= 11 is 0. The van der Waals surface area contributed by atoms with Gasteiger partial charge < -0.3 is 10.2 Å². The molecule has 3 nitrogen and oxygen atoms in total. The van der Waals surface area contributed by atoms with Gasteiger partial charge in [-0.2, -0.15) is 0 Å². The van der Waals surface area contributed by atoms with Crippen LogP contribution in [0.3, 0.4) is 0 Å². The Morgan fingerprint density at radius 1 is 1.47 bits per heavy atom. The van der Waals surface area contributed by atoms with Crippen LogP contribution < -0.4 is 5.32 Å². The van der Waals surface area contributed by atoms with Crippen molar-refractivity contribution in [2.75, 3.05) is 13.6 Å². The van der Waals surface area contributed by atoms with Crippen LogP contribution in [0.5, 0.6) is 0 Å². The molecular weight excluding hydrogens is 236 g/mol. The third kappa shape index (κ3) is 3.80. The lowest BCUT2D eigenvalue weighted by Crippen LogP contribution is -2.42. The zero-order valence-electron chi connectivity index (χ0n) is 12.1. The highest BCUT2D eigenvalue weighted by molar-refractivity contribution is 5.78. The second-order valence-corrected chi connectivity index (χ2v) is 5.76. The van der Waals surface area contributed by atoms with Crippen LogP contribution >= 0.6 is 0 Å². The van der Waals surface area contributed by atoms with Crippen molar-refractivity contribution in [3.63, 3.8) is 0 Å². The van der Waals surface area contributed by atoms with E-state index in [1.54, 1.807) is 0 Å². The van der Waals surface area contributed by atoms with Gasteiger partial charge in [-0.15, -0.1) is 0 Å². The van der Waals surface area contributed by atoms with E-state index in [2.05, 4.69) is 43.4 Å². The lowest BCUT2D eigenvalue weighted by atomic mass is 9.92. The summed E-state index contributed by atoms with van der Waals surface area (Å²) in [5.74, 6) is 0.473. The molecule has 0 radical (unpaired) electrons. The quantitative estimate of drug-likeness (QED) is 0.904. The summed E-state index contributed by atoms with van der Waals surface area (Å²) in [5.41, 5.74) is 2.45. The number of benzene rings is 1. The van der Waals surface area contributed by atoms with Gasteiger partial charge in [-0.25, -0.2) is 0 Å². The SMILES string of the molecule is Cc1cccc(CN(C)C(=O)C2CCNC(C)C2)c1. The maximum atomic E-state index is 12.4. The van der Waals surface area contributed by atoms with E-state index in [-0.39, 0.29) is 11.8 Å². The largest absolute Gasteiger partial charge is 0.341 e. The van der Waals surface area contributed by atoms with Crippen LogP contribution in [0, 0.1) is 12.8 Å². The molecule has 1 heterocycles. The summed E-state index contributed by atoms with van der Waals surface area (Å²) in [6, 6.07) is 8.82. The first-order valence-electron chi connectivity index (χ1n) is 7.10. The normalized spacial score (nSPS) is 23.1. The summed E-state index contributed by atoms with van der Waals surface area (Å²) in [6.45, 7) is 5.90. The number of amides is 1. The predicted molar refractivity (Wildman–Crippen MR) is 77.8 cm³/mol. The molecule has 1 aliphatic heterocycles.